The average Bonchev–Trinajstić information content (AvgIpc) is 2.36. The molecule has 112 valence electrons. The number of pyridine rings is 1. The lowest BCUT2D eigenvalue weighted by Crippen LogP contribution is -2.01. The lowest BCUT2D eigenvalue weighted by molar-refractivity contribution is 0.301. The van der Waals surface area contributed by atoms with Gasteiger partial charge in [0.2, 0.25) is 0 Å². The zero-order valence-electron chi connectivity index (χ0n) is 10.8. The van der Waals surface area contributed by atoms with Gasteiger partial charge < -0.3 is 4.74 Å². The number of benzene rings is 1. The smallest absolute Gasteiger partial charge is 0.261 e. The molecule has 0 atom stereocenters. The maximum atomic E-state index is 11.3. The summed E-state index contributed by atoms with van der Waals surface area (Å²) in [6.45, 7) is 2.03. The number of rotatable bonds is 4. The summed E-state index contributed by atoms with van der Waals surface area (Å²) in [6, 6.07) is 7.90. The second-order valence-corrected chi connectivity index (χ2v) is 7.59. The van der Waals surface area contributed by atoms with Crippen molar-refractivity contribution >= 4 is 42.9 Å². The fraction of sp³-hybridized carbons (Fsp3) is 0.154. The van der Waals surface area contributed by atoms with Crippen LogP contribution in [-0.4, -0.2) is 13.4 Å². The Morgan fingerprint density at radius 3 is 2.33 bits per heavy atom. The molecule has 0 aliphatic carbocycles. The Bertz CT molecular complexity index is 755. The highest BCUT2D eigenvalue weighted by molar-refractivity contribution is 8.13. The molecular weight excluding hydrogens is 357 g/mol. The van der Waals surface area contributed by atoms with Gasteiger partial charge in [-0.3, -0.25) is 4.98 Å². The highest BCUT2D eigenvalue weighted by atomic mass is 35.7. The molecular formula is C13H10Cl3NO3S. The first-order chi connectivity index (χ1) is 9.77. The van der Waals surface area contributed by atoms with Crippen LogP contribution in [0.5, 0.6) is 5.75 Å². The summed E-state index contributed by atoms with van der Waals surface area (Å²) in [5, 5.41) is 0.128. The lowest BCUT2D eigenvalue weighted by Gasteiger charge is -2.11. The van der Waals surface area contributed by atoms with Crippen molar-refractivity contribution < 1.29 is 13.2 Å². The second-order valence-electron chi connectivity index (χ2n) is 4.21. The maximum Gasteiger partial charge on any atom is 0.261 e. The predicted octanol–water partition coefficient (Wildman–Crippen LogP) is 4.20. The number of halogens is 3. The molecule has 21 heavy (non-hydrogen) atoms. The molecule has 0 radical (unpaired) electrons. The summed E-state index contributed by atoms with van der Waals surface area (Å²) >= 11 is 12.0. The number of ether oxygens (including phenoxy) is 1. The van der Waals surface area contributed by atoms with Crippen LogP contribution in [-0.2, 0) is 15.7 Å². The monoisotopic (exact) mass is 365 g/mol. The zero-order valence-corrected chi connectivity index (χ0v) is 13.9. The minimum Gasteiger partial charge on any atom is -0.484 e. The van der Waals surface area contributed by atoms with Gasteiger partial charge in [0.05, 0.1) is 20.6 Å². The molecule has 1 aromatic carbocycles. The molecule has 1 heterocycles. The second kappa shape index (κ2) is 6.40. The van der Waals surface area contributed by atoms with Gasteiger partial charge in [0.1, 0.15) is 6.61 Å². The van der Waals surface area contributed by atoms with Gasteiger partial charge in [0.15, 0.2) is 5.75 Å². The minimum absolute atomic E-state index is 0.0642. The number of hydrogen-bond donors (Lipinski definition) is 0. The molecule has 0 spiro atoms. The average molecular weight is 367 g/mol. The summed E-state index contributed by atoms with van der Waals surface area (Å²) in [4.78, 5) is 4.10. The molecule has 0 unspecified atom stereocenters. The zero-order chi connectivity index (χ0) is 15.6. The lowest BCUT2D eigenvalue weighted by atomic mass is 10.3. The summed E-state index contributed by atoms with van der Waals surface area (Å²) in [5.74, 6) is 0.186. The van der Waals surface area contributed by atoms with E-state index >= 15 is 0 Å². The summed E-state index contributed by atoms with van der Waals surface area (Å²) in [7, 11) is 1.35. The van der Waals surface area contributed by atoms with Crippen molar-refractivity contribution in [3.8, 4) is 5.75 Å². The molecule has 0 bridgehead atoms. The van der Waals surface area contributed by atoms with Crippen LogP contribution in [0.3, 0.4) is 0 Å². The molecule has 0 aliphatic heterocycles. The first-order valence-electron chi connectivity index (χ1n) is 5.76. The molecule has 4 nitrogen and oxygen atoms in total. The number of nitrogens with zero attached hydrogens (tertiary/aromatic N) is 1. The predicted molar refractivity (Wildman–Crippen MR) is 82.8 cm³/mol. The fourth-order valence-electron chi connectivity index (χ4n) is 1.64. The quantitative estimate of drug-likeness (QED) is 0.761. The van der Waals surface area contributed by atoms with Gasteiger partial charge in [-0.1, -0.05) is 29.3 Å². The van der Waals surface area contributed by atoms with E-state index < -0.39 is 9.05 Å². The Balaban J connectivity index is 2.25. The molecule has 1 aromatic heterocycles. The number of aryl methyl sites for hydroxylation is 1. The van der Waals surface area contributed by atoms with E-state index in [1.54, 1.807) is 6.07 Å². The van der Waals surface area contributed by atoms with Crippen molar-refractivity contribution in [3.05, 3.63) is 51.8 Å². The van der Waals surface area contributed by atoms with Gasteiger partial charge in [-0.2, -0.15) is 0 Å². The Kier molecular flexibility index (Phi) is 4.99. The van der Waals surface area contributed by atoms with Crippen LogP contribution in [0.4, 0.5) is 0 Å². The first-order valence-corrected chi connectivity index (χ1v) is 8.83. The van der Waals surface area contributed by atoms with Crippen LogP contribution in [0.25, 0.3) is 0 Å². The first kappa shape index (κ1) is 16.4. The normalized spacial score (nSPS) is 11.4. The van der Waals surface area contributed by atoms with E-state index in [1.807, 2.05) is 19.1 Å². The molecule has 0 saturated carbocycles. The van der Waals surface area contributed by atoms with E-state index in [1.165, 1.54) is 12.1 Å². The molecule has 0 saturated heterocycles. The molecule has 8 heteroatoms. The Morgan fingerprint density at radius 1 is 1.19 bits per heavy atom. The van der Waals surface area contributed by atoms with Gasteiger partial charge >= 0.3 is 0 Å². The Morgan fingerprint density at radius 2 is 1.81 bits per heavy atom. The topological polar surface area (TPSA) is 56.3 Å². The van der Waals surface area contributed by atoms with Gasteiger partial charge in [-0.05, 0) is 31.2 Å². The fourth-order valence-corrected chi connectivity index (χ4v) is 3.15. The molecule has 0 fully saturated rings. The highest BCUT2D eigenvalue weighted by Crippen LogP contribution is 2.36. The van der Waals surface area contributed by atoms with E-state index in [0.717, 1.165) is 5.69 Å². The summed E-state index contributed by atoms with van der Waals surface area (Å²) in [6.07, 6.45) is 0. The minimum atomic E-state index is -3.90. The van der Waals surface area contributed by atoms with Gasteiger partial charge in [0.25, 0.3) is 9.05 Å². The van der Waals surface area contributed by atoms with Crippen LogP contribution in [0, 0.1) is 6.92 Å². The summed E-state index contributed by atoms with van der Waals surface area (Å²) in [5.41, 5.74) is 1.56. The highest BCUT2D eigenvalue weighted by Gasteiger charge is 2.17. The van der Waals surface area contributed by atoms with Crippen LogP contribution < -0.4 is 4.74 Å². The Labute approximate surface area is 137 Å². The van der Waals surface area contributed by atoms with Gasteiger partial charge in [0, 0.05) is 16.4 Å². The maximum absolute atomic E-state index is 11.3. The Hall–Kier alpha value is -1.01. The van der Waals surface area contributed by atoms with Crippen molar-refractivity contribution in [1.82, 2.24) is 4.98 Å². The van der Waals surface area contributed by atoms with Crippen molar-refractivity contribution in [2.75, 3.05) is 0 Å². The summed E-state index contributed by atoms with van der Waals surface area (Å²) < 4.78 is 28.0. The van der Waals surface area contributed by atoms with Crippen molar-refractivity contribution in [2.45, 2.75) is 18.4 Å². The molecule has 2 aromatic rings. The SMILES string of the molecule is Cc1cccc(COc2c(Cl)cc(S(=O)(=O)Cl)cc2Cl)n1. The molecule has 0 N–H and O–H groups in total. The van der Waals surface area contributed by atoms with E-state index in [4.69, 9.17) is 38.6 Å². The van der Waals surface area contributed by atoms with E-state index in [9.17, 15) is 8.42 Å². The van der Waals surface area contributed by atoms with Crippen LogP contribution in [0.1, 0.15) is 11.4 Å². The van der Waals surface area contributed by atoms with Crippen LogP contribution in [0.2, 0.25) is 10.0 Å². The van der Waals surface area contributed by atoms with E-state index in [0.29, 0.717) is 5.69 Å². The molecule has 2 rings (SSSR count). The number of hydrogen-bond acceptors (Lipinski definition) is 4. The van der Waals surface area contributed by atoms with E-state index in [-0.39, 0.29) is 27.3 Å². The largest absolute Gasteiger partial charge is 0.484 e. The van der Waals surface area contributed by atoms with Crippen molar-refractivity contribution in [2.24, 2.45) is 0 Å². The van der Waals surface area contributed by atoms with Crippen molar-refractivity contribution in [1.29, 1.82) is 0 Å². The van der Waals surface area contributed by atoms with Gasteiger partial charge in [-0.25, -0.2) is 8.42 Å². The van der Waals surface area contributed by atoms with Crippen molar-refractivity contribution in [3.63, 3.8) is 0 Å². The molecule has 0 amide bonds. The van der Waals surface area contributed by atoms with Gasteiger partial charge in [-0.15, -0.1) is 0 Å². The third-order valence-electron chi connectivity index (χ3n) is 2.56. The van der Waals surface area contributed by atoms with Crippen LogP contribution >= 0.6 is 33.9 Å². The number of aromatic nitrogens is 1. The third kappa shape index (κ3) is 4.23. The molecule has 0 aliphatic rings. The van der Waals surface area contributed by atoms with Crippen LogP contribution in [0.15, 0.2) is 35.2 Å². The standard InChI is InChI=1S/C13H10Cl3NO3S/c1-8-3-2-4-9(17-8)7-20-13-11(14)5-10(6-12(13)15)21(16,18)19/h2-6H,7H2,1H3. The van der Waals surface area contributed by atoms with E-state index in [2.05, 4.69) is 4.98 Å². The third-order valence-corrected chi connectivity index (χ3v) is 4.46.